The average Bonchev–Trinajstić information content (AvgIpc) is 3.41. The molecule has 2 aromatic carbocycles. The molecule has 1 aliphatic heterocycles. The van der Waals surface area contributed by atoms with Gasteiger partial charge >= 0.3 is 0 Å². The van der Waals surface area contributed by atoms with Gasteiger partial charge in [0.25, 0.3) is 5.91 Å². The number of amides is 1. The van der Waals surface area contributed by atoms with E-state index in [4.69, 9.17) is 0 Å². The molecule has 0 radical (unpaired) electrons. The van der Waals surface area contributed by atoms with Crippen LogP contribution in [-0.2, 0) is 20.0 Å². The van der Waals surface area contributed by atoms with Crippen LogP contribution >= 0.6 is 0 Å². The number of H-pyrrole nitrogens is 1. The van der Waals surface area contributed by atoms with Crippen LogP contribution in [0.3, 0.4) is 0 Å². The highest BCUT2D eigenvalue weighted by atomic mass is 16.2. The van der Waals surface area contributed by atoms with E-state index in [0.717, 1.165) is 27.9 Å². The van der Waals surface area contributed by atoms with Crippen LogP contribution in [0.2, 0.25) is 0 Å². The van der Waals surface area contributed by atoms with Crippen molar-refractivity contribution >= 4 is 16.9 Å². The van der Waals surface area contributed by atoms with Crippen LogP contribution in [0, 0.1) is 11.3 Å². The second-order valence-corrected chi connectivity index (χ2v) is 7.15. The third-order valence-electron chi connectivity index (χ3n) is 5.47. The van der Waals surface area contributed by atoms with Gasteiger partial charge in [-0.15, -0.1) is 0 Å². The molecule has 3 heterocycles. The SMILES string of the molecule is Cn1cnc(C#N)c1CC1c2ccccc2C(=O)N1Cc1ccc2n[nH]nc2c1. The summed E-state index contributed by atoms with van der Waals surface area (Å²) < 4.78 is 1.85. The monoisotopic (exact) mass is 383 g/mol. The van der Waals surface area contributed by atoms with Crippen LogP contribution in [0.25, 0.3) is 11.0 Å². The first kappa shape index (κ1) is 17.1. The summed E-state index contributed by atoms with van der Waals surface area (Å²) in [5, 5.41) is 20.2. The summed E-state index contributed by atoms with van der Waals surface area (Å²) in [4.78, 5) is 19.2. The molecule has 8 heteroatoms. The summed E-state index contributed by atoms with van der Waals surface area (Å²) in [5.41, 5.74) is 5.43. The standard InChI is InChI=1S/C21H17N7O/c1-27-12-23-18(10-22)20(27)9-19-14-4-2-3-5-15(14)21(29)28(19)11-13-6-7-16-17(8-13)25-26-24-16/h2-8,12,19H,9,11H2,1H3,(H,24,25,26). The van der Waals surface area contributed by atoms with Gasteiger partial charge in [0.05, 0.1) is 18.1 Å². The fourth-order valence-corrected chi connectivity index (χ4v) is 4.00. The molecule has 1 unspecified atom stereocenters. The van der Waals surface area contributed by atoms with Gasteiger partial charge in [-0.25, -0.2) is 4.98 Å². The number of nitriles is 1. The van der Waals surface area contributed by atoms with Crippen LogP contribution in [0.4, 0.5) is 0 Å². The van der Waals surface area contributed by atoms with Crippen LogP contribution < -0.4 is 0 Å². The Morgan fingerprint density at radius 1 is 1.17 bits per heavy atom. The molecule has 29 heavy (non-hydrogen) atoms. The van der Waals surface area contributed by atoms with E-state index in [1.807, 2.05) is 59.0 Å². The zero-order valence-electron chi connectivity index (χ0n) is 15.7. The maximum absolute atomic E-state index is 13.2. The van der Waals surface area contributed by atoms with E-state index in [0.29, 0.717) is 24.2 Å². The second kappa shape index (κ2) is 6.56. The molecule has 1 amide bonds. The highest BCUT2D eigenvalue weighted by molar-refractivity contribution is 5.99. The van der Waals surface area contributed by atoms with E-state index in [9.17, 15) is 10.1 Å². The summed E-state index contributed by atoms with van der Waals surface area (Å²) >= 11 is 0. The first-order valence-electron chi connectivity index (χ1n) is 9.25. The number of hydrogen-bond donors (Lipinski definition) is 1. The van der Waals surface area contributed by atoms with E-state index in [2.05, 4.69) is 26.5 Å². The maximum atomic E-state index is 13.2. The normalized spacial score (nSPS) is 15.7. The van der Waals surface area contributed by atoms with Crippen molar-refractivity contribution in [3.8, 4) is 6.07 Å². The average molecular weight is 383 g/mol. The summed E-state index contributed by atoms with van der Waals surface area (Å²) in [5.74, 6) is -0.00785. The van der Waals surface area contributed by atoms with Crippen molar-refractivity contribution in [1.29, 1.82) is 5.26 Å². The number of aromatic amines is 1. The number of nitrogens with zero attached hydrogens (tertiary/aromatic N) is 6. The second-order valence-electron chi connectivity index (χ2n) is 7.15. The van der Waals surface area contributed by atoms with Crippen LogP contribution in [0.1, 0.15) is 38.9 Å². The largest absolute Gasteiger partial charge is 0.336 e. The van der Waals surface area contributed by atoms with Crippen molar-refractivity contribution in [3.05, 3.63) is 76.9 Å². The summed E-state index contributed by atoms with van der Waals surface area (Å²) in [6.07, 6.45) is 2.16. The lowest BCUT2D eigenvalue weighted by Gasteiger charge is -2.26. The zero-order chi connectivity index (χ0) is 20.0. The highest BCUT2D eigenvalue weighted by Crippen LogP contribution is 2.37. The molecule has 5 rings (SSSR count). The van der Waals surface area contributed by atoms with Gasteiger partial charge in [0.2, 0.25) is 0 Å². The Bertz CT molecular complexity index is 1280. The van der Waals surface area contributed by atoms with Gasteiger partial charge in [-0.2, -0.15) is 20.7 Å². The van der Waals surface area contributed by atoms with Crippen LogP contribution in [-0.4, -0.2) is 35.8 Å². The van der Waals surface area contributed by atoms with Crippen molar-refractivity contribution in [3.63, 3.8) is 0 Å². The van der Waals surface area contributed by atoms with E-state index in [-0.39, 0.29) is 11.9 Å². The van der Waals surface area contributed by atoms with Gasteiger partial charge < -0.3 is 9.47 Å². The van der Waals surface area contributed by atoms with Gasteiger partial charge in [-0.1, -0.05) is 24.3 Å². The first-order chi connectivity index (χ1) is 14.2. The minimum Gasteiger partial charge on any atom is -0.336 e. The van der Waals surface area contributed by atoms with E-state index >= 15 is 0 Å². The third kappa shape index (κ3) is 2.75. The maximum Gasteiger partial charge on any atom is 0.255 e. The Labute approximate surface area is 166 Å². The number of benzene rings is 2. The lowest BCUT2D eigenvalue weighted by Crippen LogP contribution is -2.29. The Morgan fingerprint density at radius 2 is 2.00 bits per heavy atom. The molecular formula is C21H17N7O. The Morgan fingerprint density at radius 3 is 2.86 bits per heavy atom. The van der Waals surface area contributed by atoms with Crippen molar-refractivity contribution in [1.82, 2.24) is 29.9 Å². The number of nitrogens with one attached hydrogen (secondary N) is 1. The number of imidazole rings is 1. The predicted octanol–water partition coefficient (Wildman–Crippen LogP) is 2.50. The minimum absolute atomic E-state index is 0.00785. The molecule has 1 atom stereocenters. The molecule has 0 bridgehead atoms. The van der Waals surface area contributed by atoms with Crippen molar-refractivity contribution in [2.24, 2.45) is 7.05 Å². The molecule has 1 aliphatic rings. The quantitative estimate of drug-likeness (QED) is 0.583. The van der Waals surface area contributed by atoms with Gasteiger partial charge in [0, 0.05) is 25.6 Å². The molecule has 0 saturated carbocycles. The van der Waals surface area contributed by atoms with Crippen molar-refractivity contribution < 1.29 is 4.79 Å². The number of rotatable bonds is 4. The smallest absolute Gasteiger partial charge is 0.255 e. The number of fused-ring (bicyclic) bond motifs is 2. The first-order valence-corrected chi connectivity index (χ1v) is 9.25. The molecule has 1 N–H and O–H groups in total. The Hall–Kier alpha value is -3.99. The number of aromatic nitrogens is 5. The third-order valence-corrected chi connectivity index (χ3v) is 5.47. The molecule has 142 valence electrons. The lowest BCUT2D eigenvalue weighted by molar-refractivity contribution is 0.0708. The van der Waals surface area contributed by atoms with Crippen molar-refractivity contribution in [2.45, 2.75) is 19.0 Å². The van der Waals surface area contributed by atoms with E-state index in [1.54, 1.807) is 6.33 Å². The number of carbonyl (C=O) groups excluding carboxylic acids is 1. The summed E-state index contributed by atoms with van der Waals surface area (Å²) in [6, 6.07) is 15.4. The highest BCUT2D eigenvalue weighted by Gasteiger charge is 2.37. The molecule has 8 nitrogen and oxygen atoms in total. The topological polar surface area (TPSA) is 103 Å². The predicted molar refractivity (Wildman–Crippen MR) is 105 cm³/mol. The summed E-state index contributed by atoms with van der Waals surface area (Å²) in [7, 11) is 1.87. The molecular weight excluding hydrogens is 366 g/mol. The number of aryl methyl sites for hydroxylation is 1. The fraction of sp³-hybridized carbons (Fsp3) is 0.190. The Kier molecular flexibility index (Phi) is 3.88. The molecule has 4 aromatic rings. The van der Waals surface area contributed by atoms with E-state index < -0.39 is 0 Å². The van der Waals surface area contributed by atoms with Crippen LogP contribution in [0.5, 0.6) is 0 Å². The molecule has 0 fully saturated rings. The Balaban J connectivity index is 1.54. The van der Waals surface area contributed by atoms with Gasteiger partial charge in [-0.05, 0) is 29.3 Å². The molecule has 2 aromatic heterocycles. The van der Waals surface area contributed by atoms with Crippen LogP contribution in [0.15, 0.2) is 48.8 Å². The van der Waals surface area contributed by atoms with E-state index in [1.165, 1.54) is 0 Å². The lowest BCUT2D eigenvalue weighted by atomic mass is 9.99. The molecule has 0 spiro atoms. The van der Waals surface area contributed by atoms with Gasteiger partial charge in [0.1, 0.15) is 17.1 Å². The number of hydrogen-bond acceptors (Lipinski definition) is 5. The van der Waals surface area contributed by atoms with Gasteiger partial charge in [0.15, 0.2) is 5.69 Å². The number of carbonyl (C=O) groups is 1. The molecule has 0 aliphatic carbocycles. The summed E-state index contributed by atoms with van der Waals surface area (Å²) in [6.45, 7) is 0.445. The van der Waals surface area contributed by atoms with Crippen molar-refractivity contribution in [2.75, 3.05) is 0 Å². The minimum atomic E-state index is -0.172. The molecule has 0 saturated heterocycles. The van der Waals surface area contributed by atoms with Gasteiger partial charge in [-0.3, -0.25) is 4.79 Å². The fourth-order valence-electron chi connectivity index (χ4n) is 4.00. The zero-order valence-corrected chi connectivity index (χ0v) is 15.7.